The zero-order chi connectivity index (χ0) is 13.9. The molecule has 7 heteroatoms. The number of piperidine rings is 1. The van der Waals surface area contributed by atoms with Crippen LogP contribution in [0.5, 0.6) is 0 Å². The first-order valence-corrected chi connectivity index (χ1v) is 6.08. The third kappa shape index (κ3) is 2.98. The van der Waals surface area contributed by atoms with Crippen molar-refractivity contribution in [3.05, 3.63) is 18.5 Å². The molecule has 1 saturated heterocycles. The van der Waals surface area contributed by atoms with E-state index in [0.29, 0.717) is 25.9 Å². The molecular formula is C12H16N4O3. The van der Waals surface area contributed by atoms with Gasteiger partial charge in [0.05, 0.1) is 5.41 Å². The summed E-state index contributed by atoms with van der Waals surface area (Å²) >= 11 is 0. The van der Waals surface area contributed by atoms with Crippen LogP contribution < -0.4 is 5.32 Å². The predicted octanol–water partition coefficient (Wildman–Crippen LogP) is 1.20. The molecular weight excluding hydrogens is 248 g/mol. The van der Waals surface area contributed by atoms with Crippen LogP contribution in [0.2, 0.25) is 0 Å². The van der Waals surface area contributed by atoms with Gasteiger partial charge in [-0.25, -0.2) is 14.8 Å². The molecule has 1 fully saturated rings. The number of nitrogens with zero attached hydrogens (tertiary/aromatic N) is 3. The average Bonchev–Trinajstić information content (AvgIpc) is 2.40. The van der Waals surface area contributed by atoms with Gasteiger partial charge in [0.15, 0.2) is 0 Å². The van der Waals surface area contributed by atoms with Crippen LogP contribution in [0.1, 0.15) is 19.8 Å². The number of amides is 2. The van der Waals surface area contributed by atoms with E-state index in [1.165, 1.54) is 0 Å². The van der Waals surface area contributed by atoms with Crippen LogP contribution in [-0.2, 0) is 4.79 Å². The smallest absolute Gasteiger partial charge is 0.324 e. The van der Waals surface area contributed by atoms with E-state index >= 15 is 0 Å². The van der Waals surface area contributed by atoms with E-state index < -0.39 is 11.4 Å². The molecule has 0 saturated carbocycles. The highest BCUT2D eigenvalue weighted by atomic mass is 16.4. The van der Waals surface area contributed by atoms with E-state index in [1.807, 2.05) is 0 Å². The Morgan fingerprint density at radius 3 is 2.42 bits per heavy atom. The highest BCUT2D eigenvalue weighted by Gasteiger charge is 2.38. The molecule has 2 N–H and O–H groups in total. The molecule has 0 aromatic carbocycles. The van der Waals surface area contributed by atoms with E-state index in [-0.39, 0.29) is 12.0 Å². The van der Waals surface area contributed by atoms with Crippen molar-refractivity contribution in [2.45, 2.75) is 19.8 Å². The number of carboxylic acid groups (broad SMARTS) is 1. The summed E-state index contributed by atoms with van der Waals surface area (Å²) in [5.41, 5.74) is -0.736. The van der Waals surface area contributed by atoms with E-state index in [0.717, 1.165) is 0 Å². The summed E-state index contributed by atoms with van der Waals surface area (Å²) in [5, 5.41) is 11.7. The molecule has 7 nitrogen and oxygen atoms in total. The number of carbonyl (C=O) groups is 2. The standard InChI is InChI=1S/C12H16N4O3/c1-12(9(17)18)3-7-16(8-4-12)11(19)15-10-13-5-2-6-14-10/h2,5-6H,3-4,7-8H2,1H3,(H,17,18)(H,13,14,15,19). The van der Waals surface area contributed by atoms with E-state index in [2.05, 4.69) is 15.3 Å². The largest absolute Gasteiger partial charge is 0.481 e. The van der Waals surface area contributed by atoms with E-state index in [4.69, 9.17) is 5.11 Å². The summed E-state index contributed by atoms with van der Waals surface area (Å²) in [7, 11) is 0. The first-order valence-electron chi connectivity index (χ1n) is 6.08. The molecule has 0 atom stereocenters. The fraction of sp³-hybridized carbons (Fsp3) is 0.500. The molecule has 0 bridgehead atoms. The minimum absolute atomic E-state index is 0.249. The molecule has 19 heavy (non-hydrogen) atoms. The van der Waals surface area contributed by atoms with Crippen LogP contribution in [-0.4, -0.2) is 45.1 Å². The van der Waals surface area contributed by atoms with Gasteiger partial charge in [-0.05, 0) is 25.8 Å². The maximum Gasteiger partial charge on any atom is 0.324 e. The number of aromatic nitrogens is 2. The van der Waals surface area contributed by atoms with Gasteiger partial charge in [-0.1, -0.05) is 0 Å². The van der Waals surface area contributed by atoms with Crippen LogP contribution in [0.25, 0.3) is 0 Å². The summed E-state index contributed by atoms with van der Waals surface area (Å²) in [6, 6.07) is 1.37. The normalized spacial score (nSPS) is 17.8. The van der Waals surface area contributed by atoms with Gasteiger partial charge in [0.1, 0.15) is 0 Å². The van der Waals surface area contributed by atoms with Crippen molar-refractivity contribution in [2.24, 2.45) is 5.41 Å². The first kappa shape index (κ1) is 13.3. The lowest BCUT2D eigenvalue weighted by molar-refractivity contribution is -0.150. The Morgan fingerprint density at radius 2 is 1.89 bits per heavy atom. The number of anilines is 1. The predicted molar refractivity (Wildman–Crippen MR) is 67.6 cm³/mol. The zero-order valence-corrected chi connectivity index (χ0v) is 10.7. The van der Waals surface area contributed by atoms with Crippen LogP contribution in [0.4, 0.5) is 10.7 Å². The summed E-state index contributed by atoms with van der Waals surface area (Å²) in [4.78, 5) is 32.4. The van der Waals surface area contributed by atoms with Crippen molar-refractivity contribution >= 4 is 17.9 Å². The molecule has 1 aliphatic rings. The fourth-order valence-corrected chi connectivity index (χ4v) is 1.96. The Labute approximate surface area is 110 Å². The third-order valence-electron chi connectivity index (χ3n) is 3.46. The maximum absolute atomic E-state index is 11.9. The van der Waals surface area contributed by atoms with Gasteiger partial charge >= 0.3 is 12.0 Å². The highest BCUT2D eigenvalue weighted by Crippen LogP contribution is 2.31. The molecule has 0 unspecified atom stereocenters. The van der Waals surface area contributed by atoms with Gasteiger partial charge in [0, 0.05) is 25.5 Å². The zero-order valence-electron chi connectivity index (χ0n) is 10.7. The number of carboxylic acids is 1. The van der Waals surface area contributed by atoms with Crippen molar-refractivity contribution in [1.82, 2.24) is 14.9 Å². The quantitative estimate of drug-likeness (QED) is 0.836. The van der Waals surface area contributed by atoms with Crippen molar-refractivity contribution in [3.63, 3.8) is 0 Å². The fourth-order valence-electron chi connectivity index (χ4n) is 1.96. The number of likely N-dealkylation sites (tertiary alicyclic amines) is 1. The minimum atomic E-state index is -0.807. The van der Waals surface area contributed by atoms with Crippen molar-refractivity contribution in [2.75, 3.05) is 18.4 Å². The molecule has 0 aliphatic carbocycles. The lowest BCUT2D eigenvalue weighted by atomic mass is 9.80. The molecule has 1 aromatic rings. The SMILES string of the molecule is CC1(C(=O)O)CCN(C(=O)Nc2ncccn2)CC1. The van der Waals surface area contributed by atoms with Crippen molar-refractivity contribution in [1.29, 1.82) is 0 Å². The second kappa shape index (κ2) is 5.21. The topological polar surface area (TPSA) is 95.4 Å². The molecule has 1 aliphatic heterocycles. The summed E-state index contributed by atoms with van der Waals surface area (Å²) in [6.07, 6.45) is 3.98. The average molecular weight is 264 g/mol. The highest BCUT2D eigenvalue weighted by molar-refractivity contribution is 5.87. The van der Waals surface area contributed by atoms with Crippen molar-refractivity contribution < 1.29 is 14.7 Å². The monoisotopic (exact) mass is 264 g/mol. The van der Waals surface area contributed by atoms with Gasteiger partial charge in [0.2, 0.25) is 5.95 Å². The number of aliphatic carboxylic acids is 1. The van der Waals surface area contributed by atoms with Crippen LogP contribution in [0, 0.1) is 5.41 Å². The lowest BCUT2D eigenvalue weighted by Gasteiger charge is -2.36. The second-order valence-electron chi connectivity index (χ2n) is 4.86. The molecule has 0 spiro atoms. The summed E-state index contributed by atoms with van der Waals surface area (Å²) in [6.45, 7) is 2.55. The Balaban J connectivity index is 1.91. The Morgan fingerprint density at radius 1 is 1.32 bits per heavy atom. The molecule has 2 amide bonds. The number of carbonyl (C=O) groups excluding carboxylic acids is 1. The maximum atomic E-state index is 11.9. The number of urea groups is 1. The van der Waals surface area contributed by atoms with Gasteiger partial charge in [-0.2, -0.15) is 0 Å². The van der Waals surface area contributed by atoms with E-state index in [1.54, 1.807) is 30.3 Å². The molecule has 102 valence electrons. The Kier molecular flexibility index (Phi) is 3.64. The van der Waals surface area contributed by atoms with Crippen LogP contribution >= 0.6 is 0 Å². The molecule has 1 aromatic heterocycles. The van der Waals surface area contributed by atoms with Crippen LogP contribution in [0.3, 0.4) is 0 Å². The molecule has 2 heterocycles. The summed E-state index contributed by atoms with van der Waals surface area (Å²) < 4.78 is 0. The lowest BCUT2D eigenvalue weighted by Crippen LogP contribution is -2.46. The number of rotatable bonds is 2. The number of nitrogens with one attached hydrogen (secondary N) is 1. The second-order valence-corrected chi connectivity index (χ2v) is 4.86. The Hall–Kier alpha value is -2.18. The first-order chi connectivity index (χ1) is 9.01. The van der Waals surface area contributed by atoms with Gasteiger partial charge in [-0.3, -0.25) is 10.1 Å². The van der Waals surface area contributed by atoms with Gasteiger partial charge in [0.25, 0.3) is 0 Å². The van der Waals surface area contributed by atoms with Gasteiger partial charge in [-0.15, -0.1) is 0 Å². The van der Waals surface area contributed by atoms with Gasteiger partial charge < -0.3 is 10.0 Å². The van der Waals surface area contributed by atoms with Crippen LogP contribution in [0.15, 0.2) is 18.5 Å². The molecule has 2 rings (SSSR count). The Bertz CT molecular complexity index is 469. The number of hydrogen-bond acceptors (Lipinski definition) is 4. The number of hydrogen-bond donors (Lipinski definition) is 2. The van der Waals surface area contributed by atoms with E-state index in [9.17, 15) is 9.59 Å². The third-order valence-corrected chi connectivity index (χ3v) is 3.46. The summed E-state index contributed by atoms with van der Waals surface area (Å²) in [5.74, 6) is -0.557. The molecule has 0 radical (unpaired) electrons. The minimum Gasteiger partial charge on any atom is -0.481 e. The van der Waals surface area contributed by atoms with Crippen molar-refractivity contribution in [3.8, 4) is 0 Å².